The highest BCUT2D eigenvalue weighted by molar-refractivity contribution is 6.00. The summed E-state index contributed by atoms with van der Waals surface area (Å²) in [5.41, 5.74) is 23.8. The van der Waals surface area contributed by atoms with E-state index in [-0.39, 0.29) is 17.3 Å². The fourth-order valence-corrected chi connectivity index (χ4v) is 4.79. The molecule has 0 radical (unpaired) electrons. The minimum atomic E-state index is -0.814. The number of anilines is 1. The molecule has 40 heavy (non-hydrogen) atoms. The second kappa shape index (κ2) is 14.9. The van der Waals surface area contributed by atoms with Gasteiger partial charge < -0.3 is 38.3 Å². The first kappa shape index (κ1) is 30.4. The first-order valence-electron chi connectivity index (χ1n) is 13.7. The van der Waals surface area contributed by atoms with Gasteiger partial charge in [-0.2, -0.15) is 0 Å². The van der Waals surface area contributed by atoms with Crippen LogP contribution in [0, 0.1) is 12.8 Å². The Bertz CT molecular complexity index is 1210. The highest BCUT2D eigenvalue weighted by Gasteiger charge is 2.28. The van der Waals surface area contributed by atoms with E-state index in [1.165, 1.54) is 18.6 Å². The number of para-hydroxylation sites is 1. The Morgan fingerprint density at radius 1 is 1.00 bits per heavy atom. The molecule has 1 aliphatic carbocycles. The van der Waals surface area contributed by atoms with Crippen LogP contribution in [-0.2, 0) is 9.59 Å². The Kier molecular flexibility index (Phi) is 11.3. The van der Waals surface area contributed by atoms with Crippen LogP contribution < -0.4 is 38.3 Å². The summed E-state index contributed by atoms with van der Waals surface area (Å²) in [6.45, 7) is 2.25. The summed E-state index contributed by atoms with van der Waals surface area (Å²) in [7, 11) is 0. The summed E-state index contributed by atoms with van der Waals surface area (Å²) in [5.74, 6) is -0.311. The van der Waals surface area contributed by atoms with Gasteiger partial charge in [-0.15, -0.1) is 0 Å². The van der Waals surface area contributed by atoms with E-state index in [2.05, 4.69) is 15.6 Å². The molecule has 2 aromatic rings. The summed E-state index contributed by atoms with van der Waals surface area (Å²) >= 11 is 0. The smallest absolute Gasteiger partial charge is 0.248 e. The van der Waals surface area contributed by atoms with Crippen molar-refractivity contribution in [3.8, 4) is 11.5 Å². The fourth-order valence-electron chi connectivity index (χ4n) is 4.79. The summed E-state index contributed by atoms with van der Waals surface area (Å²) < 4.78 is 6.09. The van der Waals surface area contributed by atoms with E-state index in [1.807, 2.05) is 25.1 Å². The van der Waals surface area contributed by atoms with Crippen LogP contribution in [-0.4, -0.2) is 42.3 Å². The maximum Gasteiger partial charge on any atom is 0.248 e. The van der Waals surface area contributed by atoms with Gasteiger partial charge in [0, 0.05) is 12.1 Å². The summed E-state index contributed by atoms with van der Waals surface area (Å²) in [6, 6.07) is 10.4. The molecule has 0 aliphatic heterocycles. The SMILES string of the molecule is Cc1ccccc1Oc1cc(C(N)=O)ccc1NC(=O)[C@H](CC1CCCCC1)NC(=O)[C@@H](N)CCCN=C(N)N. The molecule has 0 unspecified atom stereocenters. The Morgan fingerprint density at radius 3 is 2.40 bits per heavy atom. The molecule has 3 rings (SSSR count). The normalized spacial score (nSPS) is 14.9. The molecule has 1 saturated carbocycles. The van der Waals surface area contributed by atoms with Crippen molar-refractivity contribution in [3.05, 3.63) is 53.6 Å². The zero-order chi connectivity index (χ0) is 29.1. The third-order valence-electron chi connectivity index (χ3n) is 7.07. The number of primary amides is 1. The minimum Gasteiger partial charge on any atom is -0.455 e. The molecule has 3 amide bonds. The van der Waals surface area contributed by atoms with Crippen molar-refractivity contribution < 1.29 is 19.1 Å². The molecular weight excluding hydrogens is 510 g/mol. The number of carbonyl (C=O) groups excluding carboxylic acids is 3. The number of hydrogen-bond acceptors (Lipinski definition) is 6. The number of hydrogen-bond donors (Lipinski definition) is 6. The van der Waals surface area contributed by atoms with E-state index >= 15 is 0 Å². The number of guanidine groups is 1. The Balaban J connectivity index is 1.79. The number of rotatable bonds is 13. The van der Waals surface area contributed by atoms with Crippen LogP contribution in [0.25, 0.3) is 0 Å². The van der Waals surface area contributed by atoms with Gasteiger partial charge in [-0.25, -0.2) is 0 Å². The van der Waals surface area contributed by atoms with Crippen LogP contribution in [0.3, 0.4) is 0 Å². The molecule has 10 N–H and O–H groups in total. The van der Waals surface area contributed by atoms with E-state index in [1.54, 1.807) is 12.1 Å². The topological polar surface area (TPSA) is 201 Å². The van der Waals surface area contributed by atoms with Crippen molar-refractivity contribution in [3.63, 3.8) is 0 Å². The maximum absolute atomic E-state index is 13.6. The van der Waals surface area contributed by atoms with Crippen molar-refractivity contribution in [2.75, 3.05) is 11.9 Å². The largest absolute Gasteiger partial charge is 0.455 e. The molecule has 0 saturated heterocycles. The monoisotopic (exact) mass is 551 g/mol. The first-order chi connectivity index (χ1) is 19.1. The average Bonchev–Trinajstić information content (AvgIpc) is 2.93. The molecule has 0 heterocycles. The number of carbonyl (C=O) groups is 3. The van der Waals surface area contributed by atoms with E-state index < -0.39 is 29.8 Å². The van der Waals surface area contributed by atoms with Gasteiger partial charge in [0.15, 0.2) is 11.7 Å². The fraction of sp³-hybridized carbons (Fsp3) is 0.448. The number of aryl methyl sites for hydroxylation is 1. The predicted molar refractivity (Wildman–Crippen MR) is 156 cm³/mol. The molecule has 0 spiro atoms. The van der Waals surface area contributed by atoms with Crippen LogP contribution in [0.15, 0.2) is 47.5 Å². The maximum atomic E-state index is 13.6. The third-order valence-corrected chi connectivity index (χ3v) is 7.07. The third kappa shape index (κ3) is 9.26. The number of amides is 3. The molecule has 0 aromatic heterocycles. The average molecular weight is 552 g/mol. The number of nitrogens with one attached hydrogen (secondary N) is 2. The Hall–Kier alpha value is -4.12. The Labute approximate surface area is 235 Å². The van der Waals surface area contributed by atoms with E-state index in [9.17, 15) is 14.4 Å². The minimum absolute atomic E-state index is 0.0168. The molecule has 2 aromatic carbocycles. The molecule has 1 aliphatic rings. The Morgan fingerprint density at radius 2 is 1.73 bits per heavy atom. The van der Waals surface area contributed by atoms with Crippen LogP contribution in [0.4, 0.5) is 5.69 Å². The zero-order valence-corrected chi connectivity index (χ0v) is 23.0. The van der Waals surface area contributed by atoms with Gasteiger partial charge in [0.1, 0.15) is 11.8 Å². The van der Waals surface area contributed by atoms with Crippen LogP contribution >= 0.6 is 0 Å². The summed E-state index contributed by atoms with van der Waals surface area (Å²) in [6.07, 6.45) is 6.75. The molecule has 2 atom stereocenters. The first-order valence-corrected chi connectivity index (χ1v) is 13.7. The molecule has 0 bridgehead atoms. The number of ether oxygens (including phenoxy) is 1. The molecular formula is C29H41N7O4. The van der Waals surface area contributed by atoms with Crippen LogP contribution in [0.2, 0.25) is 0 Å². The van der Waals surface area contributed by atoms with Crippen molar-refractivity contribution in [1.82, 2.24) is 5.32 Å². The highest BCUT2D eigenvalue weighted by Crippen LogP contribution is 2.33. The number of nitrogens with two attached hydrogens (primary N) is 4. The molecule has 1 fully saturated rings. The second-order valence-electron chi connectivity index (χ2n) is 10.3. The van der Waals surface area contributed by atoms with E-state index in [0.717, 1.165) is 31.2 Å². The lowest BCUT2D eigenvalue weighted by Gasteiger charge is -2.27. The summed E-state index contributed by atoms with van der Waals surface area (Å²) in [5, 5.41) is 5.76. The molecule has 11 nitrogen and oxygen atoms in total. The molecule has 11 heteroatoms. The van der Waals surface area contributed by atoms with Gasteiger partial charge in [-0.05, 0) is 61.9 Å². The number of nitrogens with zero attached hydrogens (tertiary/aromatic N) is 1. The number of benzene rings is 2. The van der Waals surface area contributed by atoms with Gasteiger partial charge in [0.2, 0.25) is 17.7 Å². The van der Waals surface area contributed by atoms with Crippen LogP contribution in [0.5, 0.6) is 11.5 Å². The second-order valence-corrected chi connectivity index (χ2v) is 10.3. The van der Waals surface area contributed by atoms with Gasteiger partial charge >= 0.3 is 0 Å². The zero-order valence-electron chi connectivity index (χ0n) is 23.0. The lowest BCUT2D eigenvalue weighted by atomic mass is 9.84. The van der Waals surface area contributed by atoms with Gasteiger partial charge in [-0.1, -0.05) is 50.3 Å². The van der Waals surface area contributed by atoms with Gasteiger partial charge in [-0.3, -0.25) is 19.4 Å². The standard InChI is InChI=1S/C29H41N7O4/c1-18-8-5-6-12-24(18)40-25-17-20(26(31)37)13-14-22(25)35-28(39)23(16-19-9-3-2-4-10-19)36-27(38)21(30)11-7-15-34-29(32)33/h5-6,8,12-14,17,19,21,23H,2-4,7,9-11,15-16,30H2,1H3,(H2,31,37)(H,35,39)(H,36,38)(H4,32,33,34)/t21-,23-/m0/s1. The van der Waals surface area contributed by atoms with Crippen molar-refractivity contribution >= 4 is 29.4 Å². The van der Waals surface area contributed by atoms with E-state index in [0.29, 0.717) is 43.2 Å². The molecule has 216 valence electrons. The van der Waals surface area contributed by atoms with Crippen molar-refractivity contribution in [2.24, 2.45) is 33.8 Å². The van der Waals surface area contributed by atoms with E-state index in [4.69, 9.17) is 27.7 Å². The quantitative estimate of drug-likeness (QED) is 0.125. The van der Waals surface area contributed by atoms with Crippen molar-refractivity contribution in [2.45, 2.75) is 70.4 Å². The lowest BCUT2D eigenvalue weighted by Crippen LogP contribution is -2.50. The highest BCUT2D eigenvalue weighted by atomic mass is 16.5. The van der Waals surface area contributed by atoms with Gasteiger partial charge in [0.25, 0.3) is 0 Å². The summed E-state index contributed by atoms with van der Waals surface area (Å²) in [4.78, 5) is 42.3. The number of aliphatic imine (C=N–C) groups is 1. The predicted octanol–water partition coefficient (Wildman–Crippen LogP) is 2.66. The van der Waals surface area contributed by atoms with Crippen molar-refractivity contribution in [1.29, 1.82) is 0 Å². The van der Waals surface area contributed by atoms with Gasteiger partial charge in [0.05, 0.1) is 11.7 Å². The van der Waals surface area contributed by atoms with Crippen LogP contribution in [0.1, 0.15) is 67.3 Å². The lowest BCUT2D eigenvalue weighted by molar-refractivity contribution is -0.127.